The second kappa shape index (κ2) is 7.49. The summed E-state index contributed by atoms with van der Waals surface area (Å²) in [5.41, 5.74) is 0.166. The smallest absolute Gasteiger partial charge is 0.0710 e. The molecule has 0 aromatic rings. The zero-order valence-electron chi connectivity index (χ0n) is 16.7. The van der Waals surface area contributed by atoms with Crippen molar-refractivity contribution in [2.24, 2.45) is 10.8 Å². The Morgan fingerprint density at radius 2 is 0.857 bits per heavy atom. The van der Waals surface area contributed by atoms with Gasteiger partial charge in [-0.2, -0.15) is 0 Å². The lowest BCUT2D eigenvalue weighted by Gasteiger charge is -2.52. The molecule has 0 rings (SSSR count). The fourth-order valence-corrected chi connectivity index (χ4v) is 2.68. The fourth-order valence-electron chi connectivity index (χ4n) is 2.68. The average molecular weight is 299 g/mol. The molecule has 21 heavy (non-hydrogen) atoms. The van der Waals surface area contributed by atoms with E-state index in [-0.39, 0.29) is 22.0 Å². The molecule has 0 aromatic heterocycles. The van der Waals surface area contributed by atoms with Gasteiger partial charge in [-0.15, -0.1) is 0 Å². The van der Waals surface area contributed by atoms with E-state index in [1.165, 1.54) is 25.7 Å². The summed E-state index contributed by atoms with van der Waals surface area (Å²) in [6.07, 6.45) is 7.23. The second-order valence-corrected chi connectivity index (χ2v) is 9.27. The first-order valence-electron chi connectivity index (χ1n) is 9.03. The van der Waals surface area contributed by atoms with Gasteiger partial charge in [0, 0.05) is 0 Å². The summed E-state index contributed by atoms with van der Waals surface area (Å²) in [7, 11) is 0. The molecule has 0 spiro atoms. The van der Waals surface area contributed by atoms with Crippen LogP contribution in [0.25, 0.3) is 0 Å². The SMILES string of the molecule is CCCCC(C)(OC(C)(CCCC)C(C)(C)C)C(C)(C)C. The molecular weight excluding hydrogens is 256 g/mol. The normalized spacial score (nSPS) is 19.1. The summed E-state index contributed by atoms with van der Waals surface area (Å²) in [5.74, 6) is 0. The Bertz CT molecular complexity index is 264. The molecule has 128 valence electrons. The van der Waals surface area contributed by atoms with Crippen LogP contribution in [-0.2, 0) is 4.74 Å². The molecule has 2 unspecified atom stereocenters. The van der Waals surface area contributed by atoms with E-state index in [1.807, 2.05) is 0 Å². The molecule has 0 bridgehead atoms. The molecule has 0 saturated heterocycles. The first-order valence-corrected chi connectivity index (χ1v) is 9.03. The minimum Gasteiger partial charge on any atom is -0.368 e. The molecule has 0 heterocycles. The van der Waals surface area contributed by atoms with Crippen molar-refractivity contribution >= 4 is 0 Å². The van der Waals surface area contributed by atoms with E-state index in [0.29, 0.717) is 0 Å². The number of rotatable bonds is 8. The monoisotopic (exact) mass is 298 g/mol. The maximum absolute atomic E-state index is 6.96. The van der Waals surface area contributed by atoms with Gasteiger partial charge in [0.05, 0.1) is 11.2 Å². The summed E-state index contributed by atoms with van der Waals surface area (Å²) < 4.78 is 6.96. The molecule has 0 aliphatic rings. The Morgan fingerprint density at radius 3 is 1.05 bits per heavy atom. The first-order chi connectivity index (χ1) is 9.33. The standard InChI is InChI=1S/C20H42O/c1-11-13-15-19(9,17(3,4)5)21-20(10,16-14-12-2)18(6,7)8/h11-16H2,1-10H3. The van der Waals surface area contributed by atoms with Crippen LogP contribution in [-0.4, -0.2) is 11.2 Å². The number of hydrogen-bond acceptors (Lipinski definition) is 1. The highest BCUT2D eigenvalue weighted by Gasteiger charge is 2.47. The van der Waals surface area contributed by atoms with Gasteiger partial charge < -0.3 is 4.74 Å². The van der Waals surface area contributed by atoms with E-state index in [4.69, 9.17) is 4.74 Å². The number of ether oxygens (including phenoxy) is 1. The van der Waals surface area contributed by atoms with E-state index in [9.17, 15) is 0 Å². The predicted octanol–water partition coefficient (Wildman–Crippen LogP) is 6.99. The highest BCUT2D eigenvalue weighted by atomic mass is 16.5. The van der Waals surface area contributed by atoms with Crippen molar-refractivity contribution in [3.8, 4) is 0 Å². The van der Waals surface area contributed by atoms with Gasteiger partial charge in [0.1, 0.15) is 0 Å². The van der Waals surface area contributed by atoms with Crippen molar-refractivity contribution in [3.63, 3.8) is 0 Å². The molecule has 0 aromatic carbocycles. The summed E-state index contributed by atoms with van der Waals surface area (Å²) in [6, 6.07) is 0. The van der Waals surface area contributed by atoms with Gasteiger partial charge in [0.2, 0.25) is 0 Å². The van der Waals surface area contributed by atoms with E-state index < -0.39 is 0 Å². The maximum atomic E-state index is 6.96. The van der Waals surface area contributed by atoms with Crippen molar-refractivity contribution in [1.29, 1.82) is 0 Å². The third kappa shape index (κ3) is 5.58. The second-order valence-electron chi connectivity index (χ2n) is 9.27. The number of unbranched alkanes of at least 4 members (excludes halogenated alkanes) is 2. The average Bonchev–Trinajstić information content (AvgIpc) is 2.31. The van der Waals surface area contributed by atoms with Gasteiger partial charge in [-0.1, -0.05) is 81.1 Å². The third-order valence-corrected chi connectivity index (χ3v) is 5.64. The lowest BCUT2D eigenvalue weighted by Crippen LogP contribution is -2.54. The highest BCUT2D eigenvalue weighted by Crippen LogP contribution is 2.47. The molecule has 0 saturated carbocycles. The lowest BCUT2D eigenvalue weighted by atomic mass is 9.70. The van der Waals surface area contributed by atoms with Crippen LogP contribution in [0.4, 0.5) is 0 Å². The van der Waals surface area contributed by atoms with Crippen molar-refractivity contribution in [2.45, 2.75) is 119 Å². The van der Waals surface area contributed by atoms with Crippen LogP contribution < -0.4 is 0 Å². The van der Waals surface area contributed by atoms with Crippen molar-refractivity contribution in [2.75, 3.05) is 0 Å². The molecule has 1 nitrogen and oxygen atoms in total. The predicted molar refractivity (Wildman–Crippen MR) is 95.9 cm³/mol. The quantitative estimate of drug-likeness (QED) is 0.469. The van der Waals surface area contributed by atoms with Crippen LogP contribution in [0.1, 0.15) is 108 Å². The van der Waals surface area contributed by atoms with E-state index in [0.717, 1.165) is 12.8 Å². The Balaban J connectivity index is 5.41. The number of hydrogen-bond donors (Lipinski definition) is 0. The van der Waals surface area contributed by atoms with Gasteiger partial charge in [-0.05, 0) is 37.5 Å². The summed E-state index contributed by atoms with van der Waals surface area (Å²) in [5, 5.41) is 0. The molecule has 2 atom stereocenters. The molecule has 0 amide bonds. The minimum atomic E-state index is -0.0707. The van der Waals surface area contributed by atoms with Gasteiger partial charge in [0.15, 0.2) is 0 Å². The molecule has 1 heteroatoms. The topological polar surface area (TPSA) is 9.23 Å². The van der Waals surface area contributed by atoms with Gasteiger partial charge in [-0.25, -0.2) is 0 Å². The van der Waals surface area contributed by atoms with Crippen LogP contribution in [0.3, 0.4) is 0 Å². The van der Waals surface area contributed by atoms with E-state index >= 15 is 0 Å². The molecule has 0 aliphatic heterocycles. The van der Waals surface area contributed by atoms with Gasteiger partial charge in [-0.3, -0.25) is 0 Å². The summed E-state index contributed by atoms with van der Waals surface area (Å²) in [6.45, 7) is 23.1. The Morgan fingerprint density at radius 1 is 0.571 bits per heavy atom. The molecule has 0 fully saturated rings. The largest absolute Gasteiger partial charge is 0.368 e. The van der Waals surface area contributed by atoms with Crippen molar-refractivity contribution < 1.29 is 4.74 Å². The lowest BCUT2D eigenvalue weighted by molar-refractivity contribution is -0.228. The highest BCUT2D eigenvalue weighted by molar-refractivity contribution is 4.96. The van der Waals surface area contributed by atoms with E-state index in [2.05, 4.69) is 69.2 Å². The Kier molecular flexibility index (Phi) is 7.47. The Hall–Kier alpha value is -0.0400. The summed E-state index contributed by atoms with van der Waals surface area (Å²) in [4.78, 5) is 0. The zero-order chi connectivity index (χ0) is 16.9. The van der Waals surface area contributed by atoms with Crippen LogP contribution in [0.15, 0.2) is 0 Å². The molecule has 0 aliphatic carbocycles. The minimum absolute atomic E-state index is 0.0707. The Labute approximate surface area is 135 Å². The maximum Gasteiger partial charge on any atom is 0.0710 e. The zero-order valence-corrected chi connectivity index (χ0v) is 16.7. The van der Waals surface area contributed by atoms with Crippen molar-refractivity contribution in [1.82, 2.24) is 0 Å². The van der Waals surface area contributed by atoms with Crippen LogP contribution in [0.5, 0.6) is 0 Å². The first kappa shape index (κ1) is 21.0. The van der Waals surface area contributed by atoms with Gasteiger partial charge in [0.25, 0.3) is 0 Å². The molecule has 0 radical (unpaired) electrons. The van der Waals surface area contributed by atoms with Gasteiger partial charge >= 0.3 is 0 Å². The fraction of sp³-hybridized carbons (Fsp3) is 1.00. The molecular formula is C20H42O. The molecule has 0 N–H and O–H groups in total. The van der Waals surface area contributed by atoms with E-state index in [1.54, 1.807) is 0 Å². The van der Waals surface area contributed by atoms with Crippen LogP contribution in [0, 0.1) is 10.8 Å². The summed E-state index contributed by atoms with van der Waals surface area (Å²) >= 11 is 0. The van der Waals surface area contributed by atoms with Crippen LogP contribution in [0.2, 0.25) is 0 Å². The van der Waals surface area contributed by atoms with Crippen LogP contribution >= 0.6 is 0 Å². The van der Waals surface area contributed by atoms with Crippen molar-refractivity contribution in [3.05, 3.63) is 0 Å². The third-order valence-electron chi connectivity index (χ3n) is 5.64.